The number of benzene rings is 1. The zero-order chi connectivity index (χ0) is 16.4. The molecule has 0 radical (unpaired) electrons. The van der Waals surface area contributed by atoms with Crippen LogP contribution in [0.3, 0.4) is 0 Å². The number of aliphatic hydroxyl groups excluding tert-OH is 1. The number of fused-ring (bicyclic) bond motifs is 1. The normalized spacial score (nSPS) is 30.8. The van der Waals surface area contributed by atoms with Crippen molar-refractivity contribution in [3.63, 3.8) is 0 Å². The molecule has 0 amide bonds. The van der Waals surface area contributed by atoms with Crippen LogP contribution in [0.2, 0.25) is 5.02 Å². The Kier molecular flexibility index (Phi) is 5.12. The van der Waals surface area contributed by atoms with Crippen molar-refractivity contribution >= 4 is 17.6 Å². The van der Waals surface area contributed by atoms with Gasteiger partial charge in [0, 0.05) is 10.9 Å². The van der Waals surface area contributed by atoms with Crippen molar-refractivity contribution in [2.45, 2.75) is 44.8 Å². The maximum atomic E-state index is 11.4. The summed E-state index contributed by atoms with van der Waals surface area (Å²) in [6, 6.07) is 7.17. The standard InChI is InChI=1S/C18H23ClO4/c1-11-7-17-16(9-18(21)23-17)15(11)6-5-13(20)10-22-14-4-2-3-12(19)8-14/h2-4,8,11,13,15-17,20H,5-7,9-10H2,1H3. The summed E-state index contributed by atoms with van der Waals surface area (Å²) < 4.78 is 11.0. The minimum atomic E-state index is -0.516. The Balaban J connectivity index is 1.45. The van der Waals surface area contributed by atoms with E-state index in [-0.39, 0.29) is 18.7 Å². The van der Waals surface area contributed by atoms with Crippen LogP contribution < -0.4 is 4.74 Å². The van der Waals surface area contributed by atoms with Crippen LogP contribution in [0.5, 0.6) is 5.75 Å². The van der Waals surface area contributed by atoms with Gasteiger partial charge in [0.25, 0.3) is 0 Å². The second kappa shape index (κ2) is 7.10. The number of hydrogen-bond acceptors (Lipinski definition) is 4. The minimum Gasteiger partial charge on any atom is -0.491 e. The molecule has 1 saturated carbocycles. The van der Waals surface area contributed by atoms with Gasteiger partial charge in [0.2, 0.25) is 0 Å². The van der Waals surface area contributed by atoms with E-state index in [0.717, 1.165) is 12.8 Å². The van der Waals surface area contributed by atoms with Gasteiger partial charge in [-0.3, -0.25) is 4.79 Å². The van der Waals surface area contributed by atoms with Gasteiger partial charge < -0.3 is 14.6 Å². The van der Waals surface area contributed by atoms with E-state index >= 15 is 0 Å². The predicted molar refractivity (Wildman–Crippen MR) is 87.4 cm³/mol. The van der Waals surface area contributed by atoms with E-state index in [2.05, 4.69) is 6.92 Å². The fourth-order valence-corrected chi connectivity index (χ4v) is 4.14. The Morgan fingerprint density at radius 1 is 1.48 bits per heavy atom. The molecule has 1 aliphatic heterocycles. The summed E-state index contributed by atoms with van der Waals surface area (Å²) in [5.74, 6) is 1.92. The summed E-state index contributed by atoms with van der Waals surface area (Å²) >= 11 is 5.90. The van der Waals surface area contributed by atoms with Crippen LogP contribution in [0.4, 0.5) is 0 Å². The minimum absolute atomic E-state index is 0.0678. The van der Waals surface area contributed by atoms with Crippen molar-refractivity contribution in [2.24, 2.45) is 17.8 Å². The monoisotopic (exact) mass is 338 g/mol. The van der Waals surface area contributed by atoms with Crippen molar-refractivity contribution in [3.8, 4) is 5.75 Å². The van der Waals surface area contributed by atoms with Gasteiger partial charge >= 0.3 is 5.97 Å². The summed E-state index contributed by atoms with van der Waals surface area (Å²) in [4.78, 5) is 11.4. The Morgan fingerprint density at radius 3 is 3.09 bits per heavy atom. The Hall–Kier alpha value is -1.26. The van der Waals surface area contributed by atoms with Crippen molar-refractivity contribution in [2.75, 3.05) is 6.61 Å². The molecule has 1 saturated heterocycles. The first-order valence-corrected chi connectivity index (χ1v) is 8.66. The van der Waals surface area contributed by atoms with Crippen LogP contribution >= 0.6 is 11.6 Å². The van der Waals surface area contributed by atoms with E-state index in [1.165, 1.54) is 0 Å². The third kappa shape index (κ3) is 3.99. The van der Waals surface area contributed by atoms with E-state index in [9.17, 15) is 9.90 Å². The molecule has 0 bridgehead atoms. The number of ether oxygens (including phenoxy) is 2. The van der Waals surface area contributed by atoms with Gasteiger partial charge in [0.15, 0.2) is 0 Å². The summed E-state index contributed by atoms with van der Waals surface area (Å²) in [6.45, 7) is 2.47. The van der Waals surface area contributed by atoms with Crippen LogP contribution in [0.25, 0.3) is 0 Å². The summed E-state index contributed by atoms with van der Waals surface area (Å²) in [5, 5.41) is 10.8. The van der Waals surface area contributed by atoms with Gasteiger partial charge in [-0.1, -0.05) is 24.6 Å². The lowest BCUT2D eigenvalue weighted by molar-refractivity contribution is -0.141. The maximum Gasteiger partial charge on any atom is 0.306 e. The summed E-state index contributed by atoms with van der Waals surface area (Å²) in [5.41, 5.74) is 0. The van der Waals surface area contributed by atoms with Gasteiger partial charge in [-0.15, -0.1) is 0 Å². The maximum absolute atomic E-state index is 11.4. The lowest BCUT2D eigenvalue weighted by Crippen LogP contribution is -2.22. The fraction of sp³-hybridized carbons (Fsp3) is 0.611. The van der Waals surface area contributed by atoms with Gasteiger partial charge in [0.1, 0.15) is 18.5 Å². The van der Waals surface area contributed by atoms with Gasteiger partial charge in [-0.25, -0.2) is 0 Å². The molecule has 23 heavy (non-hydrogen) atoms. The lowest BCUT2D eigenvalue weighted by Gasteiger charge is -2.21. The van der Waals surface area contributed by atoms with Gasteiger partial charge in [0.05, 0.1) is 12.5 Å². The highest BCUT2D eigenvalue weighted by molar-refractivity contribution is 6.30. The van der Waals surface area contributed by atoms with E-state index < -0.39 is 6.10 Å². The summed E-state index contributed by atoms with van der Waals surface area (Å²) in [7, 11) is 0. The first-order valence-electron chi connectivity index (χ1n) is 8.29. The second-order valence-corrected chi connectivity index (χ2v) is 7.21. The highest BCUT2D eigenvalue weighted by Gasteiger charge is 2.47. The van der Waals surface area contributed by atoms with Crippen molar-refractivity contribution in [1.82, 2.24) is 0 Å². The third-order valence-electron chi connectivity index (χ3n) is 5.12. The highest BCUT2D eigenvalue weighted by atomic mass is 35.5. The molecule has 1 N–H and O–H groups in total. The quantitative estimate of drug-likeness (QED) is 0.807. The number of carbonyl (C=O) groups excluding carboxylic acids is 1. The van der Waals surface area contributed by atoms with Crippen molar-refractivity contribution < 1.29 is 19.4 Å². The first kappa shape index (κ1) is 16.6. The highest BCUT2D eigenvalue weighted by Crippen LogP contribution is 2.46. The molecule has 4 nitrogen and oxygen atoms in total. The number of hydrogen-bond donors (Lipinski definition) is 1. The third-order valence-corrected chi connectivity index (χ3v) is 5.35. The molecule has 0 spiro atoms. The fourth-order valence-electron chi connectivity index (χ4n) is 3.96. The molecule has 5 unspecified atom stereocenters. The lowest BCUT2D eigenvalue weighted by atomic mass is 9.84. The Labute approximate surface area is 141 Å². The van der Waals surface area contributed by atoms with Crippen LogP contribution in [0.1, 0.15) is 32.6 Å². The molecule has 2 fully saturated rings. The molecule has 2 aliphatic rings. The molecule has 126 valence electrons. The van der Waals surface area contributed by atoms with Crippen LogP contribution in [-0.4, -0.2) is 29.9 Å². The second-order valence-electron chi connectivity index (χ2n) is 6.77. The Morgan fingerprint density at radius 2 is 2.30 bits per heavy atom. The molecule has 3 rings (SSSR count). The topological polar surface area (TPSA) is 55.8 Å². The van der Waals surface area contributed by atoms with Crippen LogP contribution in [-0.2, 0) is 9.53 Å². The molecule has 1 aromatic carbocycles. The van der Waals surface area contributed by atoms with E-state index in [4.69, 9.17) is 21.1 Å². The van der Waals surface area contributed by atoms with Crippen molar-refractivity contribution in [1.29, 1.82) is 0 Å². The molecular formula is C18H23ClO4. The smallest absolute Gasteiger partial charge is 0.306 e. The molecule has 1 aromatic rings. The molecule has 5 atom stereocenters. The molecule has 5 heteroatoms. The Bertz CT molecular complexity index is 562. The molecule has 0 aromatic heterocycles. The summed E-state index contributed by atoms with van der Waals surface area (Å²) in [6.07, 6.45) is 2.65. The number of esters is 1. The number of rotatable bonds is 6. The van der Waals surface area contributed by atoms with Crippen LogP contribution in [0, 0.1) is 17.8 Å². The molecule has 1 heterocycles. The number of halogens is 1. The first-order chi connectivity index (χ1) is 11.0. The van der Waals surface area contributed by atoms with Gasteiger partial charge in [-0.05, 0) is 49.3 Å². The zero-order valence-electron chi connectivity index (χ0n) is 13.3. The average Bonchev–Trinajstić information content (AvgIpc) is 2.98. The molecular weight excluding hydrogens is 316 g/mol. The number of aliphatic hydroxyl groups is 1. The van der Waals surface area contributed by atoms with Crippen LogP contribution in [0.15, 0.2) is 24.3 Å². The van der Waals surface area contributed by atoms with Gasteiger partial charge in [-0.2, -0.15) is 0 Å². The largest absolute Gasteiger partial charge is 0.491 e. The van der Waals surface area contributed by atoms with E-state index in [0.29, 0.717) is 41.4 Å². The van der Waals surface area contributed by atoms with Crippen molar-refractivity contribution in [3.05, 3.63) is 29.3 Å². The van der Waals surface area contributed by atoms with E-state index in [1.807, 2.05) is 12.1 Å². The van der Waals surface area contributed by atoms with E-state index in [1.54, 1.807) is 12.1 Å². The SMILES string of the molecule is CC1CC2OC(=O)CC2C1CCC(O)COc1cccc(Cl)c1. The number of carbonyl (C=O) groups is 1. The average molecular weight is 339 g/mol. The molecule has 1 aliphatic carbocycles. The zero-order valence-corrected chi connectivity index (χ0v) is 14.0. The predicted octanol–water partition coefficient (Wildman–Crippen LogP) is 3.45.